The van der Waals surface area contributed by atoms with Crippen LogP contribution in [0.3, 0.4) is 0 Å². The maximum Gasteiger partial charge on any atom is 0.248 e. The first-order chi connectivity index (χ1) is 18.6. The lowest BCUT2D eigenvalue weighted by molar-refractivity contribution is -0.137. The smallest absolute Gasteiger partial charge is 0.248 e. The molecule has 12 heteroatoms. The summed E-state index contributed by atoms with van der Waals surface area (Å²) in [5.74, 6) is -0.476. The summed E-state index contributed by atoms with van der Waals surface area (Å²) in [6, 6.07) is 9.42. The van der Waals surface area contributed by atoms with Gasteiger partial charge in [-0.05, 0) is 71.9 Å². The van der Waals surface area contributed by atoms with Gasteiger partial charge in [0.05, 0.1) is 12.1 Å². The van der Waals surface area contributed by atoms with Crippen molar-refractivity contribution in [3.63, 3.8) is 0 Å². The van der Waals surface area contributed by atoms with E-state index in [1.54, 1.807) is 37.4 Å². The van der Waals surface area contributed by atoms with E-state index in [2.05, 4.69) is 48.0 Å². The van der Waals surface area contributed by atoms with Crippen LogP contribution in [0, 0.1) is 0 Å². The Bertz CT molecular complexity index is 1530. The topological polar surface area (TPSA) is 122 Å². The fourth-order valence-corrected chi connectivity index (χ4v) is 4.67. The molecule has 202 valence electrons. The van der Waals surface area contributed by atoms with Crippen molar-refractivity contribution in [2.45, 2.75) is 46.0 Å². The van der Waals surface area contributed by atoms with Gasteiger partial charge in [0.2, 0.25) is 11.8 Å². The number of amidine groups is 1. The molecule has 1 fully saturated rings. The van der Waals surface area contributed by atoms with Crippen LogP contribution in [0.2, 0.25) is 0 Å². The quantitative estimate of drug-likeness (QED) is 0.187. The zero-order valence-electron chi connectivity index (χ0n) is 21.7. The van der Waals surface area contributed by atoms with Gasteiger partial charge in [0, 0.05) is 24.9 Å². The number of halogens is 2. The summed E-state index contributed by atoms with van der Waals surface area (Å²) in [4.78, 5) is 52.0. The number of Topliss-reactive ketones (excluding diaryl/α,β-unsaturated/α-hetero) is 1. The van der Waals surface area contributed by atoms with Crippen LogP contribution in [-0.4, -0.2) is 68.6 Å². The molecule has 0 bridgehead atoms. The second-order valence-corrected chi connectivity index (χ2v) is 9.98. The van der Waals surface area contributed by atoms with E-state index in [4.69, 9.17) is 0 Å². The molecule has 10 nitrogen and oxygen atoms in total. The maximum atomic E-state index is 14.4. The van der Waals surface area contributed by atoms with Gasteiger partial charge in [-0.2, -0.15) is 5.10 Å². The molecular weight excluding hydrogens is 569 g/mol. The number of rotatable bonds is 7. The third-order valence-electron chi connectivity index (χ3n) is 6.34. The zero-order chi connectivity index (χ0) is 28.3. The Balaban J connectivity index is 1.60. The molecule has 1 saturated heterocycles. The Hall–Kier alpha value is -4.06. The van der Waals surface area contributed by atoms with Crippen LogP contribution in [0.25, 0.3) is 16.5 Å². The summed E-state index contributed by atoms with van der Waals surface area (Å²) in [6.45, 7) is 7.96. The molecule has 0 aliphatic carbocycles. The van der Waals surface area contributed by atoms with Gasteiger partial charge in [-0.25, -0.2) is 19.4 Å². The molecule has 1 aliphatic heterocycles. The number of aliphatic imine (C=N–C) groups is 2. The highest BCUT2D eigenvalue weighted by Gasteiger charge is 2.40. The number of nitrogens with zero attached hydrogens (tertiary/aromatic N) is 6. The van der Waals surface area contributed by atoms with Gasteiger partial charge in [-0.15, -0.1) is 0 Å². The minimum Gasteiger partial charge on any atom is -0.326 e. The monoisotopic (exact) mass is 595 g/mol. The molecule has 1 N–H and O–H groups in total. The van der Waals surface area contributed by atoms with Crippen LogP contribution in [0.1, 0.15) is 43.2 Å². The fourth-order valence-electron chi connectivity index (χ4n) is 4.33. The number of allylic oxidation sites excluding steroid dienone is 1. The molecule has 1 aliphatic rings. The molecule has 2 aromatic heterocycles. The number of pyridine rings is 1. The van der Waals surface area contributed by atoms with Gasteiger partial charge in [-0.1, -0.05) is 12.1 Å². The number of benzene rings is 1. The summed E-state index contributed by atoms with van der Waals surface area (Å²) in [7, 11) is 0. The van der Waals surface area contributed by atoms with Crippen LogP contribution in [0.4, 0.5) is 10.2 Å². The largest absolute Gasteiger partial charge is 0.326 e. The van der Waals surface area contributed by atoms with Gasteiger partial charge >= 0.3 is 0 Å². The lowest BCUT2D eigenvalue weighted by Gasteiger charge is -2.23. The summed E-state index contributed by atoms with van der Waals surface area (Å²) >= 11 is 3.24. The number of hydrogen-bond acceptors (Lipinski definition) is 6. The van der Waals surface area contributed by atoms with Gasteiger partial charge in [-0.3, -0.25) is 19.1 Å². The van der Waals surface area contributed by atoms with Crippen LogP contribution in [0.15, 0.2) is 57.2 Å². The number of ketones is 1. The first kappa shape index (κ1) is 28.0. The number of hydrogen-bond donors (Lipinski definition) is 1. The van der Waals surface area contributed by atoms with Crippen LogP contribution in [-0.2, 0) is 16.1 Å². The molecule has 2 atom stereocenters. The molecule has 0 unspecified atom stereocenters. The van der Waals surface area contributed by atoms with Crippen LogP contribution < -0.4 is 5.32 Å². The van der Waals surface area contributed by atoms with E-state index in [0.717, 1.165) is 11.1 Å². The van der Waals surface area contributed by atoms with Gasteiger partial charge < -0.3 is 10.2 Å². The number of carbonyl (C=O) groups excluding carboxylic acids is 3. The SMILES string of the molecule is C=N/C(C)=N\C=C(/C)c1ccc2c(c1)c(C(C)=O)nn2CC(=O)N1C[C@H](F)C[C@H]1C(=O)Nc1cccc(Br)n1. The predicted octanol–water partition coefficient (Wildman–Crippen LogP) is 4.45. The highest BCUT2D eigenvalue weighted by atomic mass is 79.9. The average molecular weight is 596 g/mol. The van der Waals surface area contributed by atoms with E-state index in [1.807, 2.05) is 19.1 Å². The van der Waals surface area contributed by atoms with Crippen molar-refractivity contribution in [1.29, 1.82) is 0 Å². The third-order valence-corrected chi connectivity index (χ3v) is 6.78. The second kappa shape index (κ2) is 11.8. The molecule has 4 rings (SSSR count). The van der Waals surface area contributed by atoms with Crippen molar-refractivity contribution >= 4 is 68.4 Å². The minimum atomic E-state index is -1.35. The van der Waals surface area contributed by atoms with E-state index < -0.39 is 24.0 Å². The van der Waals surface area contributed by atoms with Crippen molar-refractivity contribution in [2.24, 2.45) is 9.98 Å². The standard InChI is InChI=1S/C27H27BrFN7O3/c1-15(12-31-17(3)30-4)18-8-9-21-20(10-18)26(16(2)37)34-36(21)14-25(38)35-13-19(29)11-22(35)27(39)33-24-7-5-6-23(28)32-24/h5-10,12,19,22H,4,11,13-14H2,1-3H3,(H,32,33,39)/b15-12+,31-17-/t19-,22+/m1/s1. The number of nitrogens with one attached hydrogen (secondary N) is 1. The molecule has 3 heterocycles. The van der Waals surface area contributed by atoms with E-state index in [-0.39, 0.29) is 36.8 Å². The first-order valence-corrected chi connectivity index (χ1v) is 12.9. The molecule has 0 saturated carbocycles. The van der Waals surface area contributed by atoms with E-state index in [0.29, 0.717) is 21.3 Å². The number of carbonyl (C=O) groups is 3. The molecule has 0 spiro atoms. The van der Waals surface area contributed by atoms with E-state index >= 15 is 0 Å². The van der Waals surface area contributed by atoms with Crippen molar-refractivity contribution < 1.29 is 18.8 Å². The van der Waals surface area contributed by atoms with Gasteiger partial charge in [0.1, 0.15) is 40.7 Å². The van der Waals surface area contributed by atoms with Crippen molar-refractivity contribution in [2.75, 3.05) is 11.9 Å². The summed E-state index contributed by atoms with van der Waals surface area (Å²) in [6.07, 6.45) is 0.187. The van der Waals surface area contributed by atoms with Gasteiger partial charge in [0.15, 0.2) is 5.78 Å². The number of alkyl halides is 1. The second-order valence-electron chi connectivity index (χ2n) is 9.17. The van der Waals surface area contributed by atoms with Crippen LogP contribution >= 0.6 is 15.9 Å². The molecule has 2 amide bonds. The third kappa shape index (κ3) is 6.33. The van der Waals surface area contributed by atoms with E-state index in [1.165, 1.54) is 16.5 Å². The van der Waals surface area contributed by atoms with Crippen molar-refractivity contribution in [1.82, 2.24) is 19.7 Å². The number of likely N-dealkylation sites (tertiary alicyclic amines) is 1. The molecular formula is C27H27BrFN7O3. The average Bonchev–Trinajstić information content (AvgIpc) is 3.47. The molecule has 0 radical (unpaired) electrons. The molecule has 39 heavy (non-hydrogen) atoms. The number of anilines is 1. The molecule has 3 aromatic rings. The highest BCUT2D eigenvalue weighted by Crippen LogP contribution is 2.27. The summed E-state index contributed by atoms with van der Waals surface area (Å²) < 4.78 is 16.4. The Morgan fingerprint density at radius 3 is 2.69 bits per heavy atom. The number of aromatic nitrogens is 3. The Morgan fingerprint density at radius 1 is 1.23 bits per heavy atom. The minimum absolute atomic E-state index is 0.123. The first-order valence-electron chi connectivity index (χ1n) is 12.1. The van der Waals surface area contributed by atoms with E-state index in [9.17, 15) is 18.8 Å². The lowest BCUT2D eigenvalue weighted by Crippen LogP contribution is -2.44. The zero-order valence-corrected chi connectivity index (χ0v) is 23.3. The summed E-state index contributed by atoms with van der Waals surface area (Å²) in [5.41, 5.74) is 2.42. The summed E-state index contributed by atoms with van der Waals surface area (Å²) in [5, 5.41) is 7.62. The van der Waals surface area contributed by atoms with Gasteiger partial charge in [0.25, 0.3) is 0 Å². The fraction of sp³-hybridized carbons (Fsp3) is 0.296. The van der Waals surface area contributed by atoms with Crippen molar-refractivity contribution in [3.8, 4) is 0 Å². The van der Waals surface area contributed by atoms with Crippen molar-refractivity contribution in [3.05, 3.63) is 58.5 Å². The number of amides is 2. The Morgan fingerprint density at radius 2 is 2.00 bits per heavy atom. The number of fused-ring (bicyclic) bond motifs is 1. The predicted molar refractivity (Wildman–Crippen MR) is 152 cm³/mol. The Labute approximate surface area is 232 Å². The lowest BCUT2D eigenvalue weighted by atomic mass is 10.0. The normalized spacial score (nSPS) is 17.9. The maximum absolute atomic E-state index is 14.4. The Kier molecular flexibility index (Phi) is 8.44. The van der Waals surface area contributed by atoms with Crippen LogP contribution in [0.5, 0.6) is 0 Å². The molecule has 1 aromatic carbocycles. The highest BCUT2D eigenvalue weighted by molar-refractivity contribution is 9.10.